The first-order valence-electron chi connectivity index (χ1n) is 6.03. The number of rotatable bonds is 4. The highest BCUT2D eigenvalue weighted by molar-refractivity contribution is 7.10. The van der Waals surface area contributed by atoms with Crippen LogP contribution in [-0.4, -0.2) is 9.13 Å². The van der Waals surface area contributed by atoms with E-state index in [0.717, 1.165) is 4.57 Å². The second-order valence-electron chi connectivity index (χ2n) is 4.49. The average Bonchev–Trinajstić information content (AvgIpc) is 2.92. The zero-order chi connectivity index (χ0) is 14.0. The minimum Gasteiger partial charge on any atom is -0.304 e. The summed E-state index contributed by atoms with van der Waals surface area (Å²) in [7, 11) is 3.16. The van der Waals surface area contributed by atoms with Crippen LogP contribution >= 0.6 is 11.3 Å². The molecule has 0 aliphatic heterocycles. The fourth-order valence-electron chi connectivity index (χ4n) is 1.84. The van der Waals surface area contributed by atoms with E-state index in [-0.39, 0.29) is 17.3 Å². The van der Waals surface area contributed by atoms with E-state index in [1.807, 2.05) is 11.4 Å². The molecule has 0 saturated carbocycles. The molecule has 0 radical (unpaired) electrons. The molecule has 0 unspecified atom stereocenters. The molecule has 0 amide bonds. The van der Waals surface area contributed by atoms with E-state index in [9.17, 15) is 9.59 Å². The molecule has 102 valence electrons. The van der Waals surface area contributed by atoms with Crippen LogP contribution < -0.4 is 16.6 Å². The zero-order valence-corrected chi connectivity index (χ0v) is 12.0. The fraction of sp³-hybridized carbons (Fsp3) is 0.385. The molecule has 0 aliphatic carbocycles. The van der Waals surface area contributed by atoms with Crippen molar-refractivity contribution in [3.63, 3.8) is 0 Å². The first-order valence-corrected chi connectivity index (χ1v) is 6.91. The van der Waals surface area contributed by atoms with Crippen LogP contribution in [0.15, 0.2) is 33.2 Å². The summed E-state index contributed by atoms with van der Waals surface area (Å²) >= 11 is 1.68. The molecule has 2 aromatic heterocycles. The van der Waals surface area contributed by atoms with Crippen LogP contribution in [0.3, 0.4) is 0 Å². The maximum absolute atomic E-state index is 11.8. The van der Waals surface area contributed by atoms with Crippen LogP contribution in [0.5, 0.6) is 0 Å². The lowest BCUT2D eigenvalue weighted by atomic mass is 10.2. The van der Waals surface area contributed by atoms with Crippen molar-refractivity contribution < 1.29 is 0 Å². The molecule has 1 atom stereocenters. The summed E-state index contributed by atoms with van der Waals surface area (Å²) in [6, 6.07) is 5.76. The van der Waals surface area contributed by atoms with Gasteiger partial charge in [0.25, 0.3) is 5.56 Å². The average molecular weight is 279 g/mol. The summed E-state index contributed by atoms with van der Waals surface area (Å²) in [6.07, 6.45) is 0. The second kappa shape index (κ2) is 5.54. The minimum absolute atomic E-state index is 0.194. The lowest BCUT2D eigenvalue weighted by molar-refractivity contribution is 0.545. The lowest BCUT2D eigenvalue weighted by Crippen LogP contribution is -2.39. The smallest absolute Gasteiger partial charge is 0.304 e. The van der Waals surface area contributed by atoms with Gasteiger partial charge in [-0.2, -0.15) is 0 Å². The van der Waals surface area contributed by atoms with Gasteiger partial charge in [0.2, 0.25) is 0 Å². The Morgan fingerprint density at radius 3 is 2.68 bits per heavy atom. The van der Waals surface area contributed by atoms with Crippen molar-refractivity contribution in [3.8, 4) is 0 Å². The third-order valence-electron chi connectivity index (χ3n) is 3.18. The van der Waals surface area contributed by atoms with Crippen LogP contribution in [0.2, 0.25) is 0 Å². The van der Waals surface area contributed by atoms with E-state index >= 15 is 0 Å². The predicted molar refractivity (Wildman–Crippen MR) is 76.5 cm³/mol. The van der Waals surface area contributed by atoms with Gasteiger partial charge in [0.05, 0.1) is 0 Å². The van der Waals surface area contributed by atoms with Gasteiger partial charge in [-0.1, -0.05) is 6.07 Å². The molecule has 6 heteroatoms. The maximum atomic E-state index is 11.8. The molecular formula is C13H17N3O2S. The Balaban J connectivity index is 2.17. The fourth-order valence-corrected chi connectivity index (χ4v) is 2.60. The highest BCUT2D eigenvalue weighted by Gasteiger charge is 2.09. The zero-order valence-electron chi connectivity index (χ0n) is 11.2. The number of aromatic nitrogens is 2. The summed E-state index contributed by atoms with van der Waals surface area (Å²) in [6.45, 7) is 2.55. The van der Waals surface area contributed by atoms with Crippen LogP contribution in [0, 0.1) is 0 Å². The van der Waals surface area contributed by atoms with E-state index in [4.69, 9.17) is 0 Å². The van der Waals surface area contributed by atoms with E-state index < -0.39 is 0 Å². The maximum Gasteiger partial charge on any atom is 0.330 e. The Bertz CT molecular complexity index is 670. The monoisotopic (exact) mass is 279 g/mol. The summed E-state index contributed by atoms with van der Waals surface area (Å²) < 4.78 is 2.60. The largest absolute Gasteiger partial charge is 0.330 e. The van der Waals surface area contributed by atoms with Crippen molar-refractivity contribution in [3.05, 3.63) is 55.0 Å². The number of hydrogen-bond donors (Lipinski definition) is 1. The summed E-state index contributed by atoms with van der Waals surface area (Å²) in [5, 5.41) is 5.35. The molecule has 2 aromatic rings. The predicted octanol–water partition coefficient (Wildman–Crippen LogP) is 0.996. The van der Waals surface area contributed by atoms with Gasteiger partial charge in [-0.3, -0.25) is 13.9 Å². The van der Waals surface area contributed by atoms with Gasteiger partial charge in [0.15, 0.2) is 0 Å². The van der Waals surface area contributed by atoms with Gasteiger partial charge in [0, 0.05) is 43.3 Å². The highest BCUT2D eigenvalue weighted by Crippen LogP contribution is 2.18. The van der Waals surface area contributed by atoms with E-state index in [1.165, 1.54) is 22.6 Å². The Labute approximate surface area is 115 Å². The first-order chi connectivity index (χ1) is 9.00. The lowest BCUT2D eigenvalue weighted by Gasteiger charge is -2.14. The van der Waals surface area contributed by atoms with Crippen LogP contribution in [0.25, 0.3) is 0 Å². The normalized spacial score (nSPS) is 12.6. The SMILES string of the molecule is C[C@H](NCc1cc(=O)n(C)c(=O)n1C)c1cccs1. The van der Waals surface area contributed by atoms with Gasteiger partial charge < -0.3 is 5.32 Å². The van der Waals surface area contributed by atoms with Crippen LogP contribution in [0.4, 0.5) is 0 Å². The standard InChI is InChI=1S/C13H17N3O2S/c1-9(11-5-4-6-19-11)14-8-10-7-12(17)16(3)13(18)15(10)2/h4-7,9,14H,8H2,1-3H3/t9-/m0/s1. The minimum atomic E-state index is -0.298. The number of hydrogen-bond acceptors (Lipinski definition) is 4. The van der Waals surface area contributed by atoms with Crippen molar-refractivity contribution >= 4 is 11.3 Å². The molecule has 0 fully saturated rings. The molecule has 0 saturated heterocycles. The Hall–Kier alpha value is -1.66. The van der Waals surface area contributed by atoms with Crippen molar-refractivity contribution in [2.75, 3.05) is 0 Å². The van der Waals surface area contributed by atoms with Gasteiger partial charge in [-0.05, 0) is 18.4 Å². The Morgan fingerprint density at radius 1 is 1.32 bits per heavy atom. The third kappa shape index (κ3) is 2.85. The van der Waals surface area contributed by atoms with Crippen molar-refractivity contribution in [1.82, 2.24) is 14.5 Å². The molecule has 0 aromatic carbocycles. The van der Waals surface area contributed by atoms with Gasteiger partial charge >= 0.3 is 5.69 Å². The van der Waals surface area contributed by atoms with Gasteiger partial charge in [0.1, 0.15) is 0 Å². The molecule has 5 nitrogen and oxygen atoms in total. The topological polar surface area (TPSA) is 56.0 Å². The van der Waals surface area contributed by atoms with E-state index in [1.54, 1.807) is 18.4 Å². The molecule has 1 N–H and O–H groups in total. The Morgan fingerprint density at radius 2 is 2.05 bits per heavy atom. The van der Waals surface area contributed by atoms with Gasteiger partial charge in [-0.25, -0.2) is 4.79 Å². The van der Waals surface area contributed by atoms with Crippen molar-refractivity contribution in [2.45, 2.75) is 19.5 Å². The highest BCUT2D eigenvalue weighted by atomic mass is 32.1. The number of nitrogens with one attached hydrogen (secondary N) is 1. The summed E-state index contributed by atoms with van der Waals surface area (Å²) in [5.74, 6) is 0. The molecular weight excluding hydrogens is 262 g/mol. The van der Waals surface area contributed by atoms with Crippen molar-refractivity contribution in [1.29, 1.82) is 0 Å². The molecule has 19 heavy (non-hydrogen) atoms. The first kappa shape index (κ1) is 13.8. The summed E-state index contributed by atoms with van der Waals surface area (Å²) in [4.78, 5) is 24.6. The quantitative estimate of drug-likeness (QED) is 0.908. The molecule has 0 spiro atoms. The van der Waals surface area contributed by atoms with Crippen LogP contribution in [0.1, 0.15) is 23.5 Å². The molecule has 0 aliphatic rings. The molecule has 2 heterocycles. The van der Waals surface area contributed by atoms with Crippen LogP contribution in [-0.2, 0) is 20.6 Å². The van der Waals surface area contributed by atoms with E-state index in [2.05, 4.69) is 18.3 Å². The third-order valence-corrected chi connectivity index (χ3v) is 4.24. The number of nitrogens with zero attached hydrogens (tertiary/aromatic N) is 2. The molecule has 2 rings (SSSR count). The van der Waals surface area contributed by atoms with E-state index in [0.29, 0.717) is 12.2 Å². The molecule has 0 bridgehead atoms. The summed E-state index contributed by atoms with van der Waals surface area (Å²) in [5.41, 5.74) is 0.119. The second-order valence-corrected chi connectivity index (χ2v) is 5.47. The van der Waals surface area contributed by atoms with Gasteiger partial charge in [-0.15, -0.1) is 11.3 Å². The Kier molecular flexibility index (Phi) is 4.01. The van der Waals surface area contributed by atoms with Crippen molar-refractivity contribution in [2.24, 2.45) is 14.1 Å². The number of thiophene rings is 1.